The van der Waals surface area contributed by atoms with Crippen LogP contribution in [0.15, 0.2) is 0 Å². The van der Waals surface area contributed by atoms with Crippen LogP contribution in [0.25, 0.3) is 0 Å². The Bertz CT molecular complexity index is 370. The molecule has 4 bridgehead atoms. The summed E-state index contributed by atoms with van der Waals surface area (Å²) in [6, 6.07) is 0.193. The minimum Gasteiger partial charge on any atom is -0.338 e. The summed E-state index contributed by atoms with van der Waals surface area (Å²) in [6.07, 6.45) is 9.39. The van der Waals surface area contributed by atoms with Gasteiger partial charge in [-0.25, -0.2) is 0 Å². The van der Waals surface area contributed by atoms with E-state index in [-0.39, 0.29) is 11.9 Å². The minimum absolute atomic E-state index is 0.211. The Kier molecular flexibility index (Phi) is 2.55. The molecule has 1 saturated heterocycles. The van der Waals surface area contributed by atoms with Crippen LogP contribution < -0.4 is 5.73 Å². The molecular formula is C16H26N2O. The highest BCUT2D eigenvalue weighted by atomic mass is 16.2. The average molecular weight is 262 g/mol. The topological polar surface area (TPSA) is 46.3 Å². The molecule has 2 atom stereocenters. The molecule has 3 heteroatoms. The van der Waals surface area contributed by atoms with Crippen LogP contribution in [-0.4, -0.2) is 29.4 Å². The quantitative estimate of drug-likeness (QED) is 0.829. The van der Waals surface area contributed by atoms with Crippen LogP contribution in [0.2, 0.25) is 0 Å². The van der Waals surface area contributed by atoms with Crippen molar-refractivity contribution in [1.82, 2.24) is 4.90 Å². The molecule has 5 fully saturated rings. The Labute approximate surface area is 115 Å². The summed E-state index contributed by atoms with van der Waals surface area (Å²) in [5.74, 6) is 3.09. The van der Waals surface area contributed by atoms with Crippen molar-refractivity contribution in [2.45, 2.75) is 64.0 Å². The van der Waals surface area contributed by atoms with Gasteiger partial charge in [0.2, 0.25) is 5.91 Å². The van der Waals surface area contributed by atoms with Crippen LogP contribution in [0.3, 0.4) is 0 Å². The second kappa shape index (κ2) is 3.97. The predicted molar refractivity (Wildman–Crippen MR) is 74.4 cm³/mol. The molecule has 19 heavy (non-hydrogen) atoms. The molecule has 4 aliphatic carbocycles. The van der Waals surface area contributed by atoms with E-state index in [4.69, 9.17) is 5.73 Å². The monoisotopic (exact) mass is 262 g/mol. The largest absolute Gasteiger partial charge is 0.338 e. The fraction of sp³-hybridized carbons (Fsp3) is 0.938. The molecular weight excluding hydrogens is 236 g/mol. The Morgan fingerprint density at radius 2 is 1.68 bits per heavy atom. The van der Waals surface area contributed by atoms with E-state index in [1.54, 1.807) is 0 Å². The predicted octanol–water partition coefficient (Wildman–Crippen LogP) is 2.15. The average Bonchev–Trinajstić information content (AvgIpc) is 2.67. The van der Waals surface area contributed by atoms with E-state index in [1.807, 2.05) is 0 Å². The summed E-state index contributed by atoms with van der Waals surface area (Å²) in [5, 5.41) is 0. The van der Waals surface area contributed by atoms with Crippen LogP contribution in [0.4, 0.5) is 0 Å². The zero-order valence-corrected chi connectivity index (χ0v) is 12.0. The number of rotatable bonds is 2. The van der Waals surface area contributed by atoms with Gasteiger partial charge in [-0.3, -0.25) is 4.79 Å². The number of carbonyl (C=O) groups excluding carboxylic acids is 1. The molecule has 1 aliphatic heterocycles. The van der Waals surface area contributed by atoms with Gasteiger partial charge in [0.15, 0.2) is 0 Å². The van der Waals surface area contributed by atoms with Gasteiger partial charge in [0.1, 0.15) is 0 Å². The molecule has 4 saturated carbocycles. The molecule has 0 aromatic carbocycles. The third-order valence-corrected chi connectivity index (χ3v) is 6.72. The van der Waals surface area contributed by atoms with Crippen LogP contribution in [-0.2, 0) is 4.79 Å². The Hall–Kier alpha value is -0.570. The molecule has 3 nitrogen and oxygen atoms in total. The lowest BCUT2D eigenvalue weighted by Crippen LogP contribution is -2.56. The molecule has 1 heterocycles. The number of amides is 1. The maximum atomic E-state index is 12.2. The van der Waals surface area contributed by atoms with Crippen molar-refractivity contribution in [2.75, 3.05) is 6.54 Å². The molecule has 106 valence electrons. The number of hydrogen-bond acceptors (Lipinski definition) is 2. The van der Waals surface area contributed by atoms with Gasteiger partial charge in [-0.1, -0.05) is 0 Å². The van der Waals surface area contributed by atoms with Gasteiger partial charge in [0, 0.05) is 12.6 Å². The number of hydrogen-bond donors (Lipinski definition) is 1. The highest BCUT2D eigenvalue weighted by Crippen LogP contribution is 2.62. The van der Waals surface area contributed by atoms with Crippen molar-refractivity contribution >= 4 is 5.91 Å². The second-order valence-corrected chi connectivity index (χ2v) is 7.88. The minimum atomic E-state index is -0.226. The van der Waals surface area contributed by atoms with Crippen molar-refractivity contribution < 1.29 is 4.79 Å². The number of nitrogens with zero attached hydrogens (tertiary/aromatic N) is 1. The summed E-state index contributed by atoms with van der Waals surface area (Å²) in [5.41, 5.74) is 6.35. The summed E-state index contributed by atoms with van der Waals surface area (Å²) in [7, 11) is 0. The highest BCUT2D eigenvalue weighted by Gasteiger charge is 2.55. The van der Waals surface area contributed by atoms with Gasteiger partial charge >= 0.3 is 0 Å². The van der Waals surface area contributed by atoms with Crippen molar-refractivity contribution in [3.8, 4) is 0 Å². The molecule has 1 amide bonds. The molecule has 2 unspecified atom stereocenters. The second-order valence-electron chi connectivity index (χ2n) is 7.88. The first-order chi connectivity index (χ1) is 9.07. The van der Waals surface area contributed by atoms with Crippen molar-refractivity contribution in [3.63, 3.8) is 0 Å². The van der Waals surface area contributed by atoms with E-state index in [1.165, 1.54) is 38.5 Å². The zero-order valence-electron chi connectivity index (χ0n) is 12.0. The van der Waals surface area contributed by atoms with Gasteiger partial charge in [-0.2, -0.15) is 0 Å². The van der Waals surface area contributed by atoms with Gasteiger partial charge < -0.3 is 10.6 Å². The third-order valence-electron chi connectivity index (χ3n) is 6.72. The summed E-state index contributed by atoms with van der Waals surface area (Å²) in [6.45, 7) is 3.20. The van der Waals surface area contributed by atoms with Crippen LogP contribution in [0.5, 0.6) is 0 Å². The summed E-state index contributed by atoms with van der Waals surface area (Å²) < 4.78 is 0. The molecule has 5 rings (SSSR count). The van der Waals surface area contributed by atoms with Crippen molar-refractivity contribution in [2.24, 2.45) is 28.9 Å². The Balaban J connectivity index is 1.59. The molecule has 0 radical (unpaired) electrons. The van der Waals surface area contributed by atoms with Crippen LogP contribution in [0.1, 0.15) is 51.9 Å². The third kappa shape index (κ3) is 1.70. The zero-order chi connectivity index (χ0) is 13.2. The maximum Gasteiger partial charge on any atom is 0.239 e. The van der Waals surface area contributed by atoms with Crippen LogP contribution in [0, 0.1) is 23.2 Å². The van der Waals surface area contributed by atoms with Gasteiger partial charge in [-0.15, -0.1) is 0 Å². The summed E-state index contributed by atoms with van der Waals surface area (Å²) >= 11 is 0. The van der Waals surface area contributed by atoms with E-state index in [0.717, 1.165) is 30.7 Å². The maximum absolute atomic E-state index is 12.2. The lowest BCUT2D eigenvalue weighted by atomic mass is 9.47. The normalized spacial score (nSPS) is 50.0. The molecule has 5 aliphatic rings. The first kappa shape index (κ1) is 12.2. The highest BCUT2D eigenvalue weighted by molar-refractivity contribution is 5.84. The van der Waals surface area contributed by atoms with E-state index in [9.17, 15) is 4.79 Å². The summed E-state index contributed by atoms with van der Waals surface area (Å²) in [4.78, 5) is 14.4. The molecule has 2 N–H and O–H groups in total. The van der Waals surface area contributed by atoms with Crippen molar-refractivity contribution in [1.29, 1.82) is 0 Å². The Morgan fingerprint density at radius 1 is 1.16 bits per heavy atom. The number of nitrogens with two attached hydrogens (primary N) is 1. The fourth-order valence-corrected chi connectivity index (χ4v) is 6.13. The molecule has 0 aromatic heterocycles. The van der Waals surface area contributed by atoms with E-state index in [2.05, 4.69) is 11.8 Å². The first-order valence-corrected chi connectivity index (χ1v) is 8.13. The number of likely N-dealkylation sites (tertiary alicyclic amines) is 1. The molecule has 0 spiro atoms. The van der Waals surface area contributed by atoms with E-state index >= 15 is 0 Å². The van der Waals surface area contributed by atoms with Crippen molar-refractivity contribution in [3.05, 3.63) is 0 Å². The van der Waals surface area contributed by atoms with Gasteiger partial charge in [-0.05, 0) is 75.0 Å². The number of carbonyl (C=O) groups is 1. The smallest absolute Gasteiger partial charge is 0.239 e. The lowest BCUT2D eigenvalue weighted by Gasteiger charge is -2.60. The Morgan fingerprint density at radius 3 is 2.11 bits per heavy atom. The molecule has 0 aromatic rings. The van der Waals surface area contributed by atoms with E-state index < -0.39 is 0 Å². The van der Waals surface area contributed by atoms with Gasteiger partial charge in [0.05, 0.1) is 6.04 Å². The lowest BCUT2D eigenvalue weighted by molar-refractivity contribution is -0.140. The SMILES string of the molecule is CC(N1CCC(N)C1=O)C12CC3CC(CC(C3)C1)C2. The van der Waals surface area contributed by atoms with Crippen LogP contribution >= 0.6 is 0 Å². The van der Waals surface area contributed by atoms with Gasteiger partial charge in [0.25, 0.3) is 0 Å². The first-order valence-electron chi connectivity index (χ1n) is 8.13. The standard InChI is InChI=1S/C16H26N2O/c1-10(18-3-2-14(17)15(18)19)16-7-11-4-12(8-16)6-13(5-11)9-16/h10-14H,2-9,17H2,1H3. The van der Waals surface area contributed by atoms with E-state index in [0.29, 0.717) is 11.5 Å². The fourth-order valence-electron chi connectivity index (χ4n) is 6.13.